The Bertz CT molecular complexity index is 517. The molecule has 1 fully saturated rings. The van der Waals surface area contributed by atoms with E-state index in [0.717, 1.165) is 12.0 Å². The third-order valence-corrected chi connectivity index (χ3v) is 3.60. The van der Waals surface area contributed by atoms with E-state index in [4.69, 9.17) is 0 Å². The highest BCUT2D eigenvalue weighted by Crippen LogP contribution is 2.14. The van der Waals surface area contributed by atoms with Crippen LogP contribution in [0.3, 0.4) is 0 Å². The fourth-order valence-electron chi connectivity index (χ4n) is 2.25. The van der Waals surface area contributed by atoms with Crippen LogP contribution in [0.2, 0.25) is 0 Å². The SMILES string of the molecule is CC(C)(O)CCc1ccc(C(=O)N[C@H]2CCNC2=O)cc1. The summed E-state index contributed by atoms with van der Waals surface area (Å²) < 4.78 is 0. The van der Waals surface area contributed by atoms with Gasteiger partial charge in [0.25, 0.3) is 5.91 Å². The van der Waals surface area contributed by atoms with Crippen LogP contribution in [-0.4, -0.2) is 35.1 Å². The zero-order chi connectivity index (χ0) is 15.5. The van der Waals surface area contributed by atoms with Gasteiger partial charge in [0.05, 0.1) is 5.60 Å². The molecule has 0 aliphatic carbocycles. The van der Waals surface area contributed by atoms with Crippen LogP contribution < -0.4 is 10.6 Å². The van der Waals surface area contributed by atoms with Crippen molar-refractivity contribution >= 4 is 11.8 Å². The van der Waals surface area contributed by atoms with Crippen LogP contribution >= 0.6 is 0 Å². The summed E-state index contributed by atoms with van der Waals surface area (Å²) in [5, 5.41) is 15.1. The maximum Gasteiger partial charge on any atom is 0.251 e. The summed E-state index contributed by atoms with van der Waals surface area (Å²) in [5.74, 6) is -0.351. The second-order valence-corrected chi connectivity index (χ2v) is 6.12. The molecule has 21 heavy (non-hydrogen) atoms. The number of carbonyl (C=O) groups excluding carboxylic acids is 2. The normalized spacial score (nSPS) is 18.4. The van der Waals surface area contributed by atoms with Gasteiger partial charge in [-0.1, -0.05) is 12.1 Å². The van der Waals surface area contributed by atoms with Crippen molar-refractivity contribution in [3.05, 3.63) is 35.4 Å². The molecule has 1 aliphatic heterocycles. The number of nitrogens with one attached hydrogen (secondary N) is 2. The number of hydrogen-bond acceptors (Lipinski definition) is 3. The van der Waals surface area contributed by atoms with Crippen molar-refractivity contribution in [1.82, 2.24) is 10.6 Å². The smallest absolute Gasteiger partial charge is 0.251 e. The van der Waals surface area contributed by atoms with Crippen LogP contribution in [0.5, 0.6) is 0 Å². The molecule has 0 bridgehead atoms. The second-order valence-electron chi connectivity index (χ2n) is 6.12. The van der Waals surface area contributed by atoms with E-state index < -0.39 is 11.6 Å². The van der Waals surface area contributed by atoms with E-state index >= 15 is 0 Å². The number of aryl methyl sites for hydroxylation is 1. The van der Waals surface area contributed by atoms with Gasteiger partial charge in [-0.05, 0) is 50.8 Å². The topological polar surface area (TPSA) is 78.4 Å². The summed E-state index contributed by atoms with van der Waals surface area (Å²) in [6.07, 6.45) is 2.06. The summed E-state index contributed by atoms with van der Waals surface area (Å²) in [6.45, 7) is 4.17. The molecule has 1 saturated heterocycles. The molecule has 114 valence electrons. The number of amides is 2. The third kappa shape index (κ3) is 4.56. The molecule has 5 heteroatoms. The van der Waals surface area contributed by atoms with E-state index in [2.05, 4.69) is 10.6 Å². The Kier molecular flexibility index (Phi) is 4.63. The van der Waals surface area contributed by atoms with Gasteiger partial charge in [0.1, 0.15) is 6.04 Å². The quantitative estimate of drug-likeness (QED) is 0.757. The van der Waals surface area contributed by atoms with E-state index in [-0.39, 0.29) is 11.8 Å². The number of benzene rings is 1. The molecular formula is C16H22N2O3. The minimum Gasteiger partial charge on any atom is -0.390 e. The average molecular weight is 290 g/mol. The van der Waals surface area contributed by atoms with Gasteiger partial charge < -0.3 is 15.7 Å². The van der Waals surface area contributed by atoms with Crippen LogP contribution in [0.1, 0.15) is 42.6 Å². The van der Waals surface area contributed by atoms with E-state index in [9.17, 15) is 14.7 Å². The van der Waals surface area contributed by atoms with Crippen molar-refractivity contribution in [2.24, 2.45) is 0 Å². The largest absolute Gasteiger partial charge is 0.390 e. The number of carbonyl (C=O) groups is 2. The number of hydrogen-bond donors (Lipinski definition) is 3. The van der Waals surface area contributed by atoms with Gasteiger partial charge in [-0.15, -0.1) is 0 Å². The van der Waals surface area contributed by atoms with Gasteiger partial charge in [0, 0.05) is 12.1 Å². The Morgan fingerprint density at radius 1 is 1.38 bits per heavy atom. The predicted molar refractivity (Wildman–Crippen MR) is 79.9 cm³/mol. The molecule has 2 amide bonds. The standard InChI is InChI=1S/C16H22N2O3/c1-16(2,21)9-7-11-3-5-12(6-4-11)14(19)18-13-8-10-17-15(13)20/h3-6,13,21H,7-10H2,1-2H3,(H,17,20)(H,18,19)/t13-/m0/s1. The van der Waals surface area contributed by atoms with Crippen molar-refractivity contribution in [2.45, 2.75) is 44.8 Å². The molecule has 1 aliphatic rings. The molecular weight excluding hydrogens is 268 g/mol. The maximum absolute atomic E-state index is 12.0. The average Bonchev–Trinajstić information content (AvgIpc) is 2.82. The second kappa shape index (κ2) is 6.26. The zero-order valence-electron chi connectivity index (χ0n) is 12.5. The first kappa shape index (κ1) is 15.5. The molecule has 1 aromatic rings. The Labute approximate surface area is 124 Å². The first-order chi connectivity index (χ1) is 9.85. The lowest BCUT2D eigenvalue weighted by Crippen LogP contribution is -2.40. The van der Waals surface area contributed by atoms with Gasteiger partial charge >= 0.3 is 0 Å². The van der Waals surface area contributed by atoms with Gasteiger partial charge in [0.2, 0.25) is 5.91 Å². The first-order valence-corrected chi connectivity index (χ1v) is 7.25. The molecule has 5 nitrogen and oxygen atoms in total. The molecule has 0 radical (unpaired) electrons. The highest BCUT2D eigenvalue weighted by Gasteiger charge is 2.25. The zero-order valence-corrected chi connectivity index (χ0v) is 12.5. The van der Waals surface area contributed by atoms with E-state index in [1.165, 1.54) is 0 Å². The van der Waals surface area contributed by atoms with E-state index in [1.807, 2.05) is 12.1 Å². The molecule has 1 atom stereocenters. The van der Waals surface area contributed by atoms with Crippen molar-refractivity contribution in [1.29, 1.82) is 0 Å². The lowest BCUT2D eigenvalue weighted by atomic mass is 9.98. The van der Waals surface area contributed by atoms with Gasteiger partial charge in [-0.3, -0.25) is 9.59 Å². The highest BCUT2D eigenvalue weighted by atomic mass is 16.3. The molecule has 1 aromatic carbocycles. The fraction of sp³-hybridized carbons (Fsp3) is 0.500. The fourth-order valence-corrected chi connectivity index (χ4v) is 2.25. The van der Waals surface area contributed by atoms with Crippen LogP contribution in [-0.2, 0) is 11.2 Å². The highest BCUT2D eigenvalue weighted by molar-refractivity contribution is 5.98. The lowest BCUT2D eigenvalue weighted by molar-refractivity contribution is -0.120. The van der Waals surface area contributed by atoms with Crippen molar-refractivity contribution in [3.8, 4) is 0 Å². The molecule has 0 unspecified atom stereocenters. The molecule has 0 spiro atoms. The summed E-state index contributed by atoms with van der Waals surface area (Å²) in [5.41, 5.74) is 0.931. The predicted octanol–water partition coefficient (Wildman–Crippen LogP) is 1.01. The van der Waals surface area contributed by atoms with Crippen LogP contribution in [0.25, 0.3) is 0 Å². The Hall–Kier alpha value is -1.88. The van der Waals surface area contributed by atoms with Crippen molar-refractivity contribution in [3.63, 3.8) is 0 Å². The van der Waals surface area contributed by atoms with Gasteiger partial charge in [-0.25, -0.2) is 0 Å². The van der Waals surface area contributed by atoms with Crippen molar-refractivity contribution < 1.29 is 14.7 Å². The van der Waals surface area contributed by atoms with Crippen molar-refractivity contribution in [2.75, 3.05) is 6.54 Å². The minimum atomic E-state index is -0.689. The summed E-state index contributed by atoms with van der Waals surface area (Å²) in [7, 11) is 0. The Balaban J connectivity index is 1.92. The summed E-state index contributed by atoms with van der Waals surface area (Å²) in [4.78, 5) is 23.5. The molecule has 2 rings (SSSR count). The molecule has 3 N–H and O–H groups in total. The maximum atomic E-state index is 12.0. The minimum absolute atomic E-state index is 0.120. The number of aliphatic hydroxyl groups is 1. The summed E-state index contributed by atoms with van der Waals surface area (Å²) in [6, 6.07) is 6.85. The lowest BCUT2D eigenvalue weighted by Gasteiger charge is -2.16. The van der Waals surface area contributed by atoms with Crippen LogP contribution in [0.4, 0.5) is 0 Å². The van der Waals surface area contributed by atoms with E-state index in [1.54, 1.807) is 26.0 Å². The van der Waals surface area contributed by atoms with Crippen LogP contribution in [0, 0.1) is 0 Å². The number of rotatable bonds is 5. The van der Waals surface area contributed by atoms with Crippen LogP contribution in [0.15, 0.2) is 24.3 Å². The molecule has 1 heterocycles. The Morgan fingerprint density at radius 3 is 2.57 bits per heavy atom. The molecule has 0 saturated carbocycles. The van der Waals surface area contributed by atoms with Gasteiger partial charge in [0.15, 0.2) is 0 Å². The molecule has 0 aromatic heterocycles. The van der Waals surface area contributed by atoms with Gasteiger partial charge in [-0.2, -0.15) is 0 Å². The van der Waals surface area contributed by atoms with E-state index in [0.29, 0.717) is 24.9 Å². The monoisotopic (exact) mass is 290 g/mol. The first-order valence-electron chi connectivity index (χ1n) is 7.25. The Morgan fingerprint density at radius 2 is 2.05 bits per heavy atom. The summed E-state index contributed by atoms with van der Waals surface area (Å²) >= 11 is 0. The third-order valence-electron chi connectivity index (χ3n) is 3.60.